The summed E-state index contributed by atoms with van der Waals surface area (Å²) in [6.07, 6.45) is 0. The van der Waals surface area contributed by atoms with Gasteiger partial charge in [-0.1, -0.05) is 44.5 Å². The summed E-state index contributed by atoms with van der Waals surface area (Å²) in [4.78, 5) is 2.26. The van der Waals surface area contributed by atoms with E-state index in [1.54, 1.807) is 0 Å². The van der Waals surface area contributed by atoms with Crippen LogP contribution in [0.15, 0.2) is 60.7 Å². The lowest BCUT2D eigenvalue weighted by atomic mass is 9.87. The Kier molecular flexibility index (Phi) is 4.03. The molecule has 0 aliphatic rings. The number of nitrogens with zero attached hydrogens (tertiary/aromatic N) is 2. The minimum absolute atomic E-state index is 0.177. The Bertz CT molecular complexity index is 1130. The molecule has 0 fully saturated rings. The van der Waals surface area contributed by atoms with Crippen LogP contribution in [0.5, 0.6) is 0 Å². The molecule has 0 unspecified atom stereocenters. The standard InChI is InChI=1S/C25H28N2/c1-17-7-13-23-21(15-17)22-16-20(12-14-24(22)27(23)6)26(5)19-10-8-18(9-11-19)25(2,3)4/h7-16H,1-6H3. The molecule has 138 valence electrons. The summed E-state index contributed by atoms with van der Waals surface area (Å²) < 4.78 is 2.28. The third kappa shape index (κ3) is 2.99. The molecule has 0 atom stereocenters. The monoisotopic (exact) mass is 356 g/mol. The fraction of sp³-hybridized carbons (Fsp3) is 0.280. The van der Waals surface area contributed by atoms with E-state index in [9.17, 15) is 0 Å². The zero-order valence-corrected chi connectivity index (χ0v) is 17.2. The van der Waals surface area contributed by atoms with Gasteiger partial charge in [-0.05, 0) is 60.4 Å². The molecule has 0 aliphatic carbocycles. The van der Waals surface area contributed by atoms with Crippen molar-refractivity contribution in [2.75, 3.05) is 11.9 Å². The van der Waals surface area contributed by atoms with E-state index < -0.39 is 0 Å². The molecule has 0 saturated carbocycles. The molecular weight excluding hydrogens is 328 g/mol. The van der Waals surface area contributed by atoms with E-state index >= 15 is 0 Å². The Hall–Kier alpha value is -2.74. The Balaban J connectivity index is 1.79. The van der Waals surface area contributed by atoms with E-state index in [1.165, 1.54) is 44.3 Å². The summed E-state index contributed by atoms with van der Waals surface area (Å²) in [6.45, 7) is 8.91. The molecule has 2 heteroatoms. The predicted octanol–water partition coefficient (Wildman–Crippen LogP) is 6.71. The van der Waals surface area contributed by atoms with Gasteiger partial charge in [0.2, 0.25) is 0 Å². The highest BCUT2D eigenvalue weighted by molar-refractivity contribution is 6.09. The van der Waals surface area contributed by atoms with Gasteiger partial charge in [-0.25, -0.2) is 0 Å². The van der Waals surface area contributed by atoms with Crippen molar-refractivity contribution in [3.63, 3.8) is 0 Å². The van der Waals surface area contributed by atoms with Crippen LogP contribution < -0.4 is 4.90 Å². The molecule has 2 nitrogen and oxygen atoms in total. The summed E-state index contributed by atoms with van der Waals surface area (Å²) in [5.41, 5.74) is 7.81. The number of rotatable bonds is 2. The van der Waals surface area contributed by atoms with Crippen molar-refractivity contribution in [2.24, 2.45) is 7.05 Å². The number of aromatic nitrogens is 1. The van der Waals surface area contributed by atoms with Crippen molar-refractivity contribution in [2.45, 2.75) is 33.1 Å². The van der Waals surface area contributed by atoms with Gasteiger partial charge in [-0.15, -0.1) is 0 Å². The van der Waals surface area contributed by atoms with Crippen LogP contribution in [0.25, 0.3) is 21.8 Å². The fourth-order valence-corrected chi connectivity index (χ4v) is 3.86. The summed E-state index contributed by atoms with van der Waals surface area (Å²) in [7, 11) is 4.29. The van der Waals surface area contributed by atoms with Gasteiger partial charge in [0, 0.05) is 47.3 Å². The van der Waals surface area contributed by atoms with E-state index in [-0.39, 0.29) is 5.41 Å². The molecule has 0 spiro atoms. The van der Waals surface area contributed by atoms with Crippen molar-refractivity contribution < 1.29 is 0 Å². The predicted molar refractivity (Wildman–Crippen MR) is 118 cm³/mol. The largest absolute Gasteiger partial charge is 0.345 e. The first-order chi connectivity index (χ1) is 12.8. The molecule has 1 heterocycles. The van der Waals surface area contributed by atoms with Crippen LogP contribution in [0.4, 0.5) is 11.4 Å². The molecule has 3 aromatic carbocycles. The molecule has 4 rings (SSSR count). The molecule has 0 saturated heterocycles. The molecule has 0 radical (unpaired) electrons. The highest BCUT2D eigenvalue weighted by Gasteiger charge is 2.15. The van der Waals surface area contributed by atoms with Crippen LogP contribution in [0.2, 0.25) is 0 Å². The zero-order chi connectivity index (χ0) is 19.3. The van der Waals surface area contributed by atoms with Gasteiger partial charge in [-0.2, -0.15) is 0 Å². The molecule has 0 amide bonds. The number of benzene rings is 3. The average molecular weight is 357 g/mol. The van der Waals surface area contributed by atoms with Crippen molar-refractivity contribution in [3.05, 3.63) is 71.8 Å². The van der Waals surface area contributed by atoms with Crippen molar-refractivity contribution in [1.29, 1.82) is 0 Å². The van der Waals surface area contributed by atoms with E-state index in [0.717, 1.165) is 0 Å². The second kappa shape index (κ2) is 6.16. The summed E-state index contributed by atoms with van der Waals surface area (Å²) in [6, 6.07) is 22.4. The van der Waals surface area contributed by atoms with Gasteiger partial charge >= 0.3 is 0 Å². The first-order valence-corrected chi connectivity index (χ1v) is 9.59. The third-order valence-electron chi connectivity index (χ3n) is 5.65. The van der Waals surface area contributed by atoms with Crippen LogP contribution in [-0.4, -0.2) is 11.6 Å². The average Bonchev–Trinajstić information content (AvgIpc) is 2.92. The topological polar surface area (TPSA) is 8.17 Å². The van der Waals surface area contributed by atoms with Crippen LogP contribution in [0, 0.1) is 6.92 Å². The fourth-order valence-electron chi connectivity index (χ4n) is 3.86. The van der Waals surface area contributed by atoms with Gasteiger partial charge in [0.05, 0.1) is 0 Å². The molecule has 1 aromatic heterocycles. The number of anilines is 2. The summed E-state index contributed by atoms with van der Waals surface area (Å²) in [5, 5.41) is 2.64. The van der Waals surface area contributed by atoms with Crippen molar-refractivity contribution in [3.8, 4) is 0 Å². The van der Waals surface area contributed by atoms with Gasteiger partial charge in [-0.3, -0.25) is 0 Å². The maximum atomic E-state index is 2.31. The summed E-state index contributed by atoms with van der Waals surface area (Å²) in [5.74, 6) is 0. The molecule has 0 bridgehead atoms. The smallest absolute Gasteiger partial charge is 0.0490 e. The molecule has 4 aromatic rings. The highest BCUT2D eigenvalue weighted by Crippen LogP contribution is 2.34. The second-order valence-electron chi connectivity index (χ2n) is 8.64. The first kappa shape index (κ1) is 17.7. The van der Waals surface area contributed by atoms with E-state index in [2.05, 4.69) is 112 Å². The van der Waals surface area contributed by atoms with Crippen molar-refractivity contribution in [1.82, 2.24) is 4.57 Å². The minimum Gasteiger partial charge on any atom is -0.345 e. The lowest BCUT2D eigenvalue weighted by molar-refractivity contribution is 0.590. The SMILES string of the molecule is Cc1ccc2c(c1)c1cc(N(C)c3ccc(C(C)(C)C)cc3)ccc1n2C. The van der Waals surface area contributed by atoms with Gasteiger partial charge in [0.15, 0.2) is 0 Å². The molecule has 0 N–H and O–H groups in total. The van der Waals surface area contributed by atoms with Gasteiger partial charge < -0.3 is 9.47 Å². The molecule has 0 aliphatic heterocycles. The lowest BCUT2D eigenvalue weighted by Crippen LogP contribution is -2.13. The number of hydrogen-bond donors (Lipinski definition) is 0. The van der Waals surface area contributed by atoms with Crippen molar-refractivity contribution >= 4 is 33.2 Å². The number of fused-ring (bicyclic) bond motifs is 3. The molecular formula is C25H28N2. The zero-order valence-electron chi connectivity index (χ0n) is 17.2. The Morgan fingerprint density at radius 1 is 0.741 bits per heavy atom. The van der Waals surface area contributed by atoms with Crippen LogP contribution in [-0.2, 0) is 12.5 Å². The Morgan fingerprint density at radius 3 is 1.93 bits per heavy atom. The lowest BCUT2D eigenvalue weighted by Gasteiger charge is -2.23. The highest BCUT2D eigenvalue weighted by atomic mass is 15.1. The quantitative estimate of drug-likeness (QED) is 0.388. The van der Waals surface area contributed by atoms with E-state index in [0.29, 0.717) is 0 Å². The second-order valence-corrected chi connectivity index (χ2v) is 8.64. The normalized spacial score (nSPS) is 12.1. The maximum Gasteiger partial charge on any atom is 0.0490 e. The van der Waals surface area contributed by atoms with Crippen LogP contribution >= 0.6 is 0 Å². The van der Waals surface area contributed by atoms with Gasteiger partial charge in [0.25, 0.3) is 0 Å². The molecule has 27 heavy (non-hydrogen) atoms. The van der Waals surface area contributed by atoms with Gasteiger partial charge in [0.1, 0.15) is 0 Å². The number of aryl methyl sites for hydroxylation is 2. The number of hydrogen-bond acceptors (Lipinski definition) is 1. The van der Waals surface area contributed by atoms with Crippen LogP contribution in [0.3, 0.4) is 0 Å². The Morgan fingerprint density at radius 2 is 1.30 bits per heavy atom. The van der Waals surface area contributed by atoms with E-state index in [4.69, 9.17) is 0 Å². The Labute approximate surface area is 162 Å². The maximum absolute atomic E-state index is 2.31. The first-order valence-electron chi connectivity index (χ1n) is 9.59. The van der Waals surface area contributed by atoms with Crippen LogP contribution in [0.1, 0.15) is 31.9 Å². The third-order valence-corrected chi connectivity index (χ3v) is 5.65. The van der Waals surface area contributed by atoms with E-state index in [1.807, 2.05) is 0 Å². The summed E-state index contributed by atoms with van der Waals surface area (Å²) >= 11 is 0. The minimum atomic E-state index is 0.177.